The van der Waals surface area contributed by atoms with Gasteiger partial charge in [0, 0.05) is 33.0 Å². The summed E-state index contributed by atoms with van der Waals surface area (Å²) in [4.78, 5) is 15.6. The topological polar surface area (TPSA) is 61.0 Å². The molecular weight excluding hydrogens is 627 g/mol. The molecule has 5 aromatic carbocycles. The SMILES string of the molecule is C1=CC(c2nc(-c3ccc4c(c3)oc3ccccc34)nc(C3CC=CC4=C3Oc3ccccc3C43c4ccccc4-c4ccccc43)n2)=CCC1. The maximum atomic E-state index is 7.03. The third kappa shape index (κ3) is 4.06. The summed E-state index contributed by atoms with van der Waals surface area (Å²) in [5.41, 5.74) is 10.4. The molecule has 0 saturated carbocycles. The Morgan fingerprint density at radius 1 is 0.608 bits per heavy atom. The van der Waals surface area contributed by atoms with Crippen molar-refractivity contribution in [3.8, 4) is 28.3 Å². The number of nitrogens with zero attached hydrogens (tertiary/aromatic N) is 3. The van der Waals surface area contributed by atoms with E-state index in [0.29, 0.717) is 23.9 Å². The number of rotatable bonds is 3. The Kier molecular flexibility index (Phi) is 6.05. The zero-order valence-electron chi connectivity index (χ0n) is 27.7. The van der Waals surface area contributed by atoms with Crippen molar-refractivity contribution in [2.24, 2.45) is 0 Å². The summed E-state index contributed by atoms with van der Waals surface area (Å²) in [7, 11) is 0. The lowest BCUT2D eigenvalue weighted by molar-refractivity contribution is 0.340. The minimum Gasteiger partial charge on any atom is -0.460 e. The van der Waals surface area contributed by atoms with Crippen LogP contribution in [0.1, 0.15) is 53.5 Å². The summed E-state index contributed by atoms with van der Waals surface area (Å²) in [5, 5.41) is 2.17. The number of para-hydroxylation sites is 2. The van der Waals surface area contributed by atoms with E-state index in [0.717, 1.165) is 68.6 Å². The molecule has 5 heteroatoms. The summed E-state index contributed by atoms with van der Waals surface area (Å²) >= 11 is 0. The Bertz CT molecular complexity index is 2680. The van der Waals surface area contributed by atoms with Crippen molar-refractivity contribution in [3.63, 3.8) is 0 Å². The molecule has 0 fully saturated rings. The van der Waals surface area contributed by atoms with Gasteiger partial charge < -0.3 is 9.15 Å². The minimum absolute atomic E-state index is 0.223. The number of aromatic nitrogens is 3. The lowest BCUT2D eigenvalue weighted by Gasteiger charge is -2.42. The van der Waals surface area contributed by atoms with Gasteiger partial charge in [0.15, 0.2) is 11.6 Å². The van der Waals surface area contributed by atoms with Crippen molar-refractivity contribution in [3.05, 3.63) is 185 Å². The highest BCUT2D eigenvalue weighted by Crippen LogP contribution is 2.62. The van der Waals surface area contributed by atoms with Gasteiger partial charge in [0.05, 0.1) is 11.3 Å². The van der Waals surface area contributed by atoms with Gasteiger partial charge in [-0.1, -0.05) is 121 Å². The number of ether oxygens (including phenoxy) is 1. The molecule has 1 unspecified atom stereocenters. The molecule has 2 aromatic heterocycles. The van der Waals surface area contributed by atoms with E-state index in [4.69, 9.17) is 24.1 Å². The molecule has 1 atom stereocenters. The molecular formula is C46H31N3O2. The molecule has 11 rings (SSSR count). The van der Waals surface area contributed by atoms with E-state index in [1.165, 1.54) is 22.3 Å². The molecule has 5 nitrogen and oxygen atoms in total. The van der Waals surface area contributed by atoms with Gasteiger partial charge in [0.1, 0.15) is 28.5 Å². The van der Waals surface area contributed by atoms with E-state index in [9.17, 15) is 0 Å². The third-order valence-corrected chi connectivity index (χ3v) is 11.0. The molecule has 0 bridgehead atoms. The Balaban J connectivity index is 1.14. The Morgan fingerprint density at radius 3 is 2.16 bits per heavy atom. The van der Waals surface area contributed by atoms with Crippen LogP contribution in [0.25, 0.3) is 50.0 Å². The lowest BCUT2D eigenvalue weighted by Crippen LogP contribution is -2.36. The van der Waals surface area contributed by atoms with Crippen molar-refractivity contribution in [2.75, 3.05) is 0 Å². The first kappa shape index (κ1) is 28.5. The highest BCUT2D eigenvalue weighted by molar-refractivity contribution is 6.05. The van der Waals surface area contributed by atoms with E-state index >= 15 is 0 Å². The largest absolute Gasteiger partial charge is 0.460 e. The predicted molar refractivity (Wildman–Crippen MR) is 201 cm³/mol. The first-order valence-corrected chi connectivity index (χ1v) is 17.7. The van der Waals surface area contributed by atoms with Crippen LogP contribution in [-0.4, -0.2) is 15.0 Å². The van der Waals surface area contributed by atoms with Crippen LogP contribution in [0.5, 0.6) is 5.75 Å². The van der Waals surface area contributed by atoms with Gasteiger partial charge in [0.25, 0.3) is 0 Å². The second kappa shape index (κ2) is 10.8. The normalized spacial score (nSPS) is 18.0. The molecule has 4 aliphatic rings. The first-order valence-electron chi connectivity index (χ1n) is 17.7. The number of fused-ring (bicyclic) bond motifs is 11. The summed E-state index contributed by atoms with van der Waals surface area (Å²) in [6, 6.07) is 40.6. The summed E-state index contributed by atoms with van der Waals surface area (Å²) in [6.45, 7) is 0. The number of benzene rings is 5. The van der Waals surface area contributed by atoms with Crippen LogP contribution in [0.15, 0.2) is 161 Å². The fraction of sp³-hybridized carbons (Fsp3) is 0.109. The fourth-order valence-electron chi connectivity index (χ4n) is 8.75. The highest BCUT2D eigenvalue weighted by atomic mass is 16.5. The van der Waals surface area contributed by atoms with Gasteiger partial charge in [-0.05, 0) is 65.8 Å². The average molecular weight is 658 g/mol. The Morgan fingerprint density at radius 2 is 1.33 bits per heavy atom. The van der Waals surface area contributed by atoms with Gasteiger partial charge in [0.2, 0.25) is 0 Å². The van der Waals surface area contributed by atoms with Crippen molar-refractivity contribution < 1.29 is 9.15 Å². The quantitative estimate of drug-likeness (QED) is 0.189. The van der Waals surface area contributed by atoms with Crippen LogP contribution in [0.2, 0.25) is 0 Å². The van der Waals surface area contributed by atoms with Crippen LogP contribution in [0, 0.1) is 0 Å². The molecule has 7 aromatic rings. The Labute approximate surface area is 295 Å². The van der Waals surface area contributed by atoms with Gasteiger partial charge in [-0.25, -0.2) is 15.0 Å². The smallest absolute Gasteiger partial charge is 0.163 e. The standard InChI is InChI=1S/C46H31N3O2/c1-2-13-28(14-3-1)43-47-44(29-25-26-33-32-17-6-10-23-39(32)50-41(33)27-29)49-45(48-43)34-18-12-22-38-42(34)51-40-24-11-9-21-37(40)46(38)35-19-7-4-15-30(35)31-16-5-8-20-36(31)46/h2,4-17,19-27,34H,1,3,18H2. The van der Waals surface area contributed by atoms with E-state index in [2.05, 4.69) is 127 Å². The molecule has 3 aliphatic carbocycles. The van der Waals surface area contributed by atoms with Gasteiger partial charge in [-0.2, -0.15) is 0 Å². The van der Waals surface area contributed by atoms with Crippen LogP contribution in [0.3, 0.4) is 0 Å². The van der Waals surface area contributed by atoms with Crippen molar-refractivity contribution >= 4 is 27.5 Å². The number of hydrogen-bond donors (Lipinski definition) is 0. The maximum Gasteiger partial charge on any atom is 0.163 e. The molecule has 51 heavy (non-hydrogen) atoms. The van der Waals surface area contributed by atoms with Crippen LogP contribution in [0.4, 0.5) is 0 Å². The summed E-state index contributed by atoms with van der Waals surface area (Å²) in [5.74, 6) is 3.54. The van der Waals surface area contributed by atoms with E-state index < -0.39 is 5.41 Å². The molecule has 0 N–H and O–H groups in total. The van der Waals surface area contributed by atoms with Crippen molar-refractivity contribution in [1.29, 1.82) is 0 Å². The van der Waals surface area contributed by atoms with Gasteiger partial charge >= 0.3 is 0 Å². The first-order chi connectivity index (χ1) is 25.3. The molecule has 242 valence electrons. The average Bonchev–Trinajstić information content (AvgIpc) is 3.72. The summed E-state index contributed by atoms with van der Waals surface area (Å²) in [6.07, 6.45) is 13.8. The maximum absolute atomic E-state index is 7.03. The van der Waals surface area contributed by atoms with Crippen LogP contribution >= 0.6 is 0 Å². The Hall–Kier alpha value is -6.33. The van der Waals surface area contributed by atoms with Crippen LogP contribution in [-0.2, 0) is 5.41 Å². The third-order valence-electron chi connectivity index (χ3n) is 11.0. The fourth-order valence-corrected chi connectivity index (χ4v) is 8.75. The molecule has 0 radical (unpaired) electrons. The van der Waals surface area contributed by atoms with Gasteiger partial charge in [-0.15, -0.1) is 0 Å². The van der Waals surface area contributed by atoms with E-state index in [1.54, 1.807) is 0 Å². The zero-order valence-corrected chi connectivity index (χ0v) is 27.7. The van der Waals surface area contributed by atoms with Gasteiger partial charge in [-0.3, -0.25) is 0 Å². The summed E-state index contributed by atoms with van der Waals surface area (Å²) < 4.78 is 13.3. The van der Waals surface area contributed by atoms with Crippen LogP contribution < -0.4 is 4.74 Å². The number of furan rings is 1. The molecule has 3 heterocycles. The van der Waals surface area contributed by atoms with Crippen molar-refractivity contribution in [2.45, 2.75) is 30.6 Å². The molecule has 0 saturated heterocycles. The molecule has 0 amide bonds. The lowest BCUT2D eigenvalue weighted by atomic mass is 9.63. The van der Waals surface area contributed by atoms with E-state index in [1.807, 2.05) is 18.2 Å². The number of hydrogen-bond acceptors (Lipinski definition) is 5. The second-order valence-electron chi connectivity index (χ2n) is 13.7. The second-order valence-corrected chi connectivity index (χ2v) is 13.7. The zero-order chi connectivity index (χ0) is 33.5. The molecule has 1 spiro atoms. The number of allylic oxidation sites excluding steroid dienone is 8. The minimum atomic E-state index is -0.536. The molecule has 1 aliphatic heterocycles. The monoisotopic (exact) mass is 657 g/mol. The van der Waals surface area contributed by atoms with E-state index in [-0.39, 0.29) is 5.92 Å². The van der Waals surface area contributed by atoms with Crippen molar-refractivity contribution in [1.82, 2.24) is 15.0 Å². The predicted octanol–water partition coefficient (Wildman–Crippen LogP) is 10.9. The highest BCUT2D eigenvalue weighted by Gasteiger charge is 2.53.